The van der Waals surface area contributed by atoms with Gasteiger partial charge in [-0.1, -0.05) is 143 Å². The molecule has 0 spiro atoms. The molecule has 0 N–H and O–H groups in total. The third-order valence-electron chi connectivity index (χ3n) is 15.4. The molecule has 0 amide bonds. The second kappa shape index (κ2) is 14.4. The largest absolute Gasteiger partial charge is 0.417 e. The fourth-order valence-electron chi connectivity index (χ4n) is 12.4. The van der Waals surface area contributed by atoms with Gasteiger partial charge in [0.1, 0.15) is 0 Å². The van der Waals surface area contributed by atoms with Gasteiger partial charge in [0.25, 0.3) is 0 Å². The van der Waals surface area contributed by atoms with Gasteiger partial charge in [-0.3, -0.25) is 0 Å². The maximum absolute atomic E-state index is 15.1. The maximum Gasteiger partial charge on any atom is 0.417 e. The number of hydrogen-bond acceptors (Lipinski definition) is 2. The summed E-state index contributed by atoms with van der Waals surface area (Å²) in [6.07, 6.45) is -4.74. The molecule has 0 bridgehead atoms. The van der Waals surface area contributed by atoms with Crippen LogP contribution in [-0.4, -0.2) is 9.13 Å². The van der Waals surface area contributed by atoms with E-state index < -0.39 is 11.7 Å². The van der Waals surface area contributed by atoms with Gasteiger partial charge in [-0.05, 0) is 116 Å². The fraction of sp³-hybridized carbons (Fsp3) is 0.111. The molecule has 11 aromatic rings. The molecule has 70 heavy (non-hydrogen) atoms. The Morgan fingerprint density at radius 2 is 0.886 bits per heavy atom. The summed E-state index contributed by atoms with van der Waals surface area (Å²) in [6, 6.07) is 62.0. The standard InChI is InChI=1S/C63H41F3N4/c1-61(2)48-17-9-5-13-40(48)43-26-29-54-57(59(43)61)45-15-7-11-19-51(45)69(54)53-28-22-36(34-67)31-47(53)42-25-23-38(39-24-21-37(35-68)32-50(39)63(64,65)66)33-56(42)70-52-20-12-8-16-46(52)58-55(70)30-27-44-41-14-6-10-18-49(41)62(3,4)60(44)58/h5-33H,1-4H3. The van der Waals surface area contributed by atoms with Crippen LogP contribution in [0.4, 0.5) is 13.2 Å². The van der Waals surface area contributed by atoms with Crippen LogP contribution in [0.2, 0.25) is 0 Å². The zero-order chi connectivity index (χ0) is 48.0. The molecule has 0 saturated heterocycles. The monoisotopic (exact) mass is 910 g/mol. The van der Waals surface area contributed by atoms with E-state index in [-0.39, 0.29) is 22.0 Å². The van der Waals surface area contributed by atoms with Crippen LogP contribution in [0.3, 0.4) is 0 Å². The molecule has 0 saturated carbocycles. The lowest BCUT2D eigenvalue weighted by atomic mass is 9.80. The average molecular weight is 911 g/mol. The summed E-state index contributed by atoms with van der Waals surface area (Å²) in [5.74, 6) is 0. The van der Waals surface area contributed by atoms with Crippen LogP contribution in [0.1, 0.15) is 66.6 Å². The van der Waals surface area contributed by atoms with Gasteiger partial charge in [-0.2, -0.15) is 23.7 Å². The fourth-order valence-corrected chi connectivity index (χ4v) is 12.4. The number of fused-ring (bicyclic) bond motifs is 14. The topological polar surface area (TPSA) is 57.4 Å². The molecule has 7 heteroatoms. The highest BCUT2D eigenvalue weighted by Gasteiger charge is 2.40. The van der Waals surface area contributed by atoms with Crippen molar-refractivity contribution in [3.8, 4) is 68.0 Å². The van der Waals surface area contributed by atoms with E-state index in [1.165, 1.54) is 51.1 Å². The smallest absolute Gasteiger partial charge is 0.309 e. The van der Waals surface area contributed by atoms with Gasteiger partial charge in [0.2, 0.25) is 0 Å². The Labute approximate surface area is 402 Å². The Bertz CT molecular complexity index is 4200. The first-order valence-corrected chi connectivity index (χ1v) is 23.5. The highest BCUT2D eigenvalue weighted by atomic mass is 19.4. The molecule has 2 aliphatic rings. The highest BCUT2D eigenvalue weighted by Crippen LogP contribution is 2.56. The molecule has 0 unspecified atom stereocenters. The van der Waals surface area contributed by atoms with Crippen molar-refractivity contribution >= 4 is 43.6 Å². The summed E-state index contributed by atoms with van der Waals surface area (Å²) in [6.45, 7) is 9.12. The van der Waals surface area contributed by atoms with Gasteiger partial charge < -0.3 is 9.13 Å². The van der Waals surface area contributed by atoms with Crippen LogP contribution in [0.15, 0.2) is 176 Å². The van der Waals surface area contributed by atoms with Gasteiger partial charge in [0.05, 0.1) is 62.3 Å². The van der Waals surface area contributed by atoms with E-state index >= 15 is 13.2 Å². The zero-order valence-electron chi connectivity index (χ0n) is 38.7. The molecule has 2 aliphatic carbocycles. The predicted octanol–water partition coefficient (Wildman–Crippen LogP) is 16.6. The molecule has 334 valence electrons. The molecule has 0 aliphatic heterocycles. The average Bonchev–Trinajstić information content (AvgIpc) is 4.04. The number of rotatable bonds is 4. The first-order chi connectivity index (χ1) is 33.8. The number of halogens is 3. The lowest BCUT2D eigenvalue weighted by Crippen LogP contribution is -2.15. The van der Waals surface area contributed by atoms with Crippen LogP contribution < -0.4 is 0 Å². The number of hydrogen-bond donors (Lipinski definition) is 0. The molecule has 0 radical (unpaired) electrons. The summed E-state index contributed by atoms with van der Waals surface area (Å²) in [7, 11) is 0. The molecule has 13 rings (SSSR count). The molecule has 2 heterocycles. The molecule has 4 nitrogen and oxygen atoms in total. The second-order valence-corrected chi connectivity index (χ2v) is 19.8. The minimum atomic E-state index is -4.74. The third-order valence-corrected chi connectivity index (χ3v) is 15.4. The van der Waals surface area contributed by atoms with Gasteiger partial charge in [-0.15, -0.1) is 0 Å². The lowest BCUT2D eigenvalue weighted by molar-refractivity contribution is -0.137. The van der Waals surface area contributed by atoms with Crippen molar-refractivity contribution in [2.45, 2.75) is 44.7 Å². The van der Waals surface area contributed by atoms with Gasteiger partial charge in [-0.25, -0.2) is 0 Å². The lowest BCUT2D eigenvalue weighted by Gasteiger charge is -2.23. The van der Waals surface area contributed by atoms with Gasteiger partial charge in [0, 0.05) is 43.5 Å². The summed E-state index contributed by atoms with van der Waals surface area (Å²) in [4.78, 5) is 0. The van der Waals surface area contributed by atoms with Gasteiger partial charge >= 0.3 is 6.18 Å². The molecule has 9 aromatic carbocycles. The Balaban J connectivity index is 1.15. The highest BCUT2D eigenvalue weighted by molar-refractivity contribution is 6.16. The van der Waals surface area contributed by atoms with E-state index in [4.69, 9.17) is 0 Å². The summed E-state index contributed by atoms with van der Waals surface area (Å²) in [5, 5.41) is 24.7. The van der Waals surface area contributed by atoms with Crippen molar-refractivity contribution in [3.05, 3.63) is 215 Å². The zero-order valence-corrected chi connectivity index (χ0v) is 38.7. The molecule has 0 atom stereocenters. The number of nitrogens with zero attached hydrogens (tertiary/aromatic N) is 4. The molecule has 2 aromatic heterocycles. The van der Waals surface area contributed by atoms with E-state index in [1.807, 2.05) is 54.6 Å². The summed E-state index contributed by atoms with van der Waals surface area (Å²) >= 11 is 0. The Hall–Kier alpha value is -8.65. The van der Waals surface area contributed by atoms with Gasteiger partial charge in [0.15, 0.2) is 0 Å². The number of alkyl halides is 3. The Kier molecular flexibility index (Phi) is 8.56. The Morgan fingerprint density at radius 1 is 0.414 bits per heavy atom. The first-order valence-electron chi connectivity index (χ1n) is 23.5. The second-order valence-electron chi connectivity index (χ2n) is 19.8. The van der Waals surface area contributed by atoms with Crippen LogP contribution in [0.5, 0.6) is 0 Å². The van der Waals surface area contributed by atoms with Crippen LogP contribution in [0, 0.1) is 22.7 Å². The predicted molar refractivity (Wildman–Crippen MR) is 276 cm³/mol. The van der Waals surface area contributed by atoms with Crippen molar-refractivity contribution in [1.82, 2.24) is 9.13 Å². The van der Waals surface area contributed by atoms with Crippen molar-refractivity contribution < 1.29 is 13.2 Å². The van der Waals surface area contributed by atoms with Crippen LogP contribution >= 0.6 is 0 Å². The van der Waals surface area contributed by atoms with E-state index in [0.717, 1.165) is 72.1 Å². The normalized spacial score (nSPS) is 14.1. The summed E-state index contributed by atoms with van der Waals surface area (Å²) in [5.41, 5.74) is 15.6. The Morgan fingerprint density at radius 3 is 1.44 bits per heavy atom. The summed E-state index contributed by atoms with van der Waals surface area (Å²) < 4.78 is 49.8. The number of para-hydroxylation sites is 2. The maximum atomic E-state index is 15.1. The minimum Gasteiger partial charge on any atom is -0.309 e. The molecule has 0 fully saturated rings. The SMILES string of the molecule is CC1(C)c2ccccc2-c2ccc3c(c21)c1ccccc1n3-c1ccc(C#N)cc1-c1ccc(-c2ccc(C#N)cc2C(F)(F)F)cc1-n1c2ccccc2c2c3c(ccc21)-c1ccccc1C3(C)C. The van der Waals surface area contributed by atoms with E-state index in [1.54, 1.807) is 6.07 Å². The van der Waals surface area contributed by atoms with Crippen LogP contribution in [-0.2, 0) is 17.0 Å². The third kappa shape index (κ3) is 5.58. The van der Waals surface area contributed by atoms with E-state index in [0.29, 0.717) is 16.8 Å². The van der Waals surface area contributed by atoms with Crippen LogP contribution in [0.25, 0.3) is 99.5 Å². The van der Waals surface area contributed by atoms with Crippen molar-refractivity contribution in [2.24, 2.45) is 0 Å². The van der Waals surface area contributed by atoms with Crippen molar-refractivity contribution in [2.75, 3.05) is 0 Å². The number of nitriles is 2. The first kappa shape index (κ1) is 41.5. The molecular weight excluding hydrogens is 870 g/mol. The quantitative estimate of drug-likeness (QED) is 0.177. The van der Waals surface area contributed by atoms with Crippen molar-refractivity contribution in [1.29, 1.82) is 10.5 Å². The van der Waals surface area contributed by atoms with E-state index in [2.05, 4.69) is 146 Å². The number of aromatic nitrogens is 2. The molecular formula is C63H41F3N4. The number of benzene rings is 9. The minimum absolute atomic E-state index is 0.0385. The van der Waals surface area contributed by atoms with E-state index in [9.17, 15) is 10.5 Å². The van der Waals surface area contributed by atoms with Crippen molar-refractivity contribution in [3.63, 3.8) is 0 Å².